The maximum Gasteiger partial charge on any atom is 0.239 e. The molecule has 1 saturated heterocycles. The standard InChI is InChI=1S/C24H29N5O3S/c1-26-19-4-2-6-21(9-19)33(31,32)28-24-12-17-8-18(13-24)11-23(10-17,16-24)27-15-22(30)29-7-3-5-20(29)14-25/h2,4,6,9,17-18,20,27-28H,3,5,7-8,10-13,15-16H2/t17?,18?,20-,23?,24?/m0/s1. The molecule has 5 aliphatic rings. The fourth-order valence-corrected chi connectivity index (χ4v) is 8.68. The van der Waals surface area contributed by atoms with E-state index in [0.29, 0.717) is 30.5 Å². The molecule has 4 saturated carbocycles. The quantitative estimate of drug-likeness (QED) is 0.626. The van der Waals surface area contributed by atoms with Gasteiger partial charge in [0.25, 0.3) is 0 Å². The largest absolute Gasteiger partial charge is 0.326 e. The Bertz CT molecular complexity index is 1140. The van der Waals surface area contributed by atoms with E-state index in [2.05, 4.69) is 21.0 Å². The van der Waals surface area contributed by atoms with Gasteiger partial charge in [0, 0.05) is 17.6 Å². The molecule has 2 unspecified atom stereocenters. The van der Waals surface area contributed by atoms with Gasteiger partial charge in [-0.1, -0.05) is 12.1 Å². The molecule has 5 fully saturated rings. The summed E-state index contributed by atoms with van der Waals surface area (Å²) < 4.78 is 29.6. The number of rotatable bonds is 6. The SMILES string of the molecule is [C-]#[N+]c1cccc(S(=O)(=O)NC23CC4CC(CC(NCC(=O)N5CCC[C@H]5C#N)(C4)C2)C3)c1. The summed E-state index contributed by atoms with van der Waals surface area (Å²) in [5.74, 6) is 0.801. The Balaban J connectivity index is 1.33. The van der Waals surface area contributed by atoms with Crippen molar-refractivity contribution in [1.29, 1.82) is 5.26 Å². The first-order chi connectivity index (χ1) is 15.8. The molecule has 6 rings (SSSR count). The molecule has 2 N–H and O–H groups in total. The van der Waals surface area contributed by atoms with Gasteiger partial charge in [0.2, 0.25) is 15.9 Å². The van der Waals surface area contributed by atoms with Crippen LogP contribution in [0.3, 0.4) is 0 Å². The number of benzene rings is 1. The lowest BCUT2D eigenvalue weighted by molar-refractivity contribution is -0.131. The summed E-state index contributed by atoms with van der Waals surface area (Å²) in [4.78, 5) is 18.0. The molecular formula is C24H29N5O3S. The number of nitriles is 1. The molecule has 1 aromatic carbocycles. The number of nitrogens with zero attached hydrogens (tertiary/aromatic N) is 3. The van der Waals surface area contributed by atoms with Crippen LogP contribution in [0.25, 0.3) is 4.85 Å². The second-order valence-corrected chi connectivity index (χ2v) is 12.1. The van der Waals surface area contributed by atoms with Gasteiger partial charge >= 0.3 is 0 Å². The van der Waals surface area contributed by atoms with E-state index in [4.69, 9.17) is 6.57 Å². The predicted octanol–water partition coefficient (Wildman–Crippen LogP) is 2.71. The predicted molar refractivity (Wildman–Crippen MR) is 122 cm³/mol. The average molecular weight is 468 g/mol. The third kappa shape index (κ3) is 4.14. The van der Waals surface area contributed by atoms with Gasteiger partial charge in [0.05, 0.1) is 24.1 Å². The molecule has 174 valence electrons. The molecule has 4 aliphatic carbocycles. The van der Waals surface area contributed by atoms with Gasteiger partial charge in [-0.15, -0.1) is 0 Å². The van der Waals surface area contributed by atoms with Crippen LogP contribution in [0.1, 0.15) is 51.4 Å². The van der Waals surface area contributed by atoms with E-state index in [9.17, 15) is 18.5 Å². The molecule has 0 aromatic heterocycles. The maximum atomic E-state index is 13.3. The number of carbonyl (C=O) groups excluding carboxylic acids is 1. The Morgan fingerprint density at radius 2 is 1.97 bits per heavy atom. The molecule has 0 spiro atoms. The van der Waals surface area contributed by atoms with Crippen LogP contribution >= 0.6 is 0 Å². The molecule has 8 nitrogen and oxygen atoms in total. The van der Waals surface area contributed by atoms with Crippen LogP contribution in [0.2, 0.25) is 0 Å². The number of likely N-dealkylation sites (tertiary alicyclic amines) is 1. The minimum absolute atomic E-state index is 0.0413. The van der Waals surface area contributed by atoms with Gasteiger partial charge < -0.3 is 10.2 Å². The number of sulfonamides is 1. The van der Waals surface area contributed by atoms with Crippen LogP contribution in [0.15, 0.2) is 29.2 Å². The fourth-order valence-electron chi connectivity index (χ4n) is 7.22. The van der Waals surface area contributed by atoms with E-state index < -0.39 is 15.6 Å². The minimum atomic E-state index is -3.77. The highest BCUT2D eigenvalue weighted by Gasteiger charge is 2.58. The third-order valence-electron chi connectivity index (χ3n) is 8.01. The van der Waals surface area contributed by atoms with Gasteiger partial charge in [-0.2, -0.15) is 5.26 Å². The summed E-state index contributed by atoms with van der Waals surface area (Å²) in [5, 5.41) is 12.8. The maximum absolute atomic E-state index is 13.3. The molecule has 0 radical (unpaired) electrons. The van der Waals surface area contributed by atoms with Crippen LogP contribution < -0.4 is 10.0 Å². The van der Waals surface area contributed by atoms with Crippen molar-refractivity contribution in [3.8, 4) is 6.07 Å². The van der Waals surface area contributed by atoms with Crippen LogP contribution in [0.4, 0.5) is 5.69 Å². The van der Waals surface area contributed by atoms with E-state index in [0.717, 1.165) is 44.9 Å². The zero-order valence-corrected chi connectivity index (χ0v) is 19.4. The first kappa shape index (κ1) is 22.3. The molecular weight excluding hydrogens is 438 g/mol. The van der Waals surface area contributed by atoms with Gasteiger partial charge in [0.1, 0.15) is 6.04 Å². The van der Waals surface area contributed by atoms with Crippen molar-refractivity contribution in [3.05, 3.63) is 35.7 Å². The van der Waals surface area contributed by atoms with Crippen LogP contribution in [0.5, 0.6) is 0 Å². The van der Waals surface area contributed by atoms with Gasteiger partial charge in [0.15, 0.2) is 5.69 Å². The van der Waals surface area contributed by atoms with Gasteiger partial charge in [-0.3, -0.25) is 4.79 Å². The lowest BCUT2D eigenvalue weighted by Gasteiger charge is -2.62. The average Bonchev–Trinajstić information content (AvgIpc) is 3.25. The van der Waals surface area contributed by atoms with Crippen molar-refractivity contribution < 1.29 is 13.2 Å². The Morgan fingerprint density at radius 1 is 1.24 bits per heavy atom. The Kier molecular flexibility index (Phi) is 5.48. The van der Waals surface area contributed by atoms with Crippen LogP contribution in [-0.4, -0.2) is 49.4 Å². The molecule has 3 atom stereocenters. The van der Waals surface area contributed by atoms with Crippen molar-refractivity contribution in [2.24, 2.45) is 11.8 Å². The number of hydrogen-bond donors (Lipinski definition) is 2. The monoisotopic (exact) mass is 467 g/mol. The summed E-state index contributed by atoms with van der Waals surface area (Å²) in [6.45, 7) is 8.00. The highest BCUT2D eigenvalue weighted by Crippen LogP contribution is 2.57. The Morgan fingerprint density at radius 3 is 2.67 bits per heavy atom. The van der Waals surface area contributed by atoms with E-state index in [1.54, 1.807) is 17.0 Å². The summed E-state index contributed by atoms with van der Waals surface area (Å²) in [6, 6.07) is 8.05. The highest BCUT2D eigenvalue weighted by atomic mass is 32.2. The van der Waals surface area contributed by atoms with Crippen molar-refractivity contribution in [3.63, 3.8) is 0 Å². The summed E-state index contributed by atoms with van der Waals surface area (Å²) in [7, 11) is -3.77. The fraction of sp³-hybridized carbons (Fsp3) is 0.625. The summed E-state index contributed by atoms with van der Waals surface area (Å²) in [5.41, 5.74) is -0.490. The molecule has 1 amide bonds. The Labute approximate surface area is 195 Å². The van der Waals surface area contributed by atoms with Gasteiger partial charge in [-0.25, -0.2) is 18.0 Å². The lowest BCUT2D eigenvalue weighted by Crippen LogP contribution is -2.69. The second-order valence-electron chi connectivity index (χ2n) is 10.5. The Hall–Kier alpha value is -2.46. The second kappa shape index (κ2) is 8.09. The van der Waals surface area contributed by atoms with Crippen molar-refractivity contribution in [2.45, 2.75) is 73.4 Å². The van der Waals surface area contributed by atoms with Crippen LogP contribution in [-0.2, 0) is 14.8 Å². The first-order valence-electron chi connectivity index (χ1n) is 11.7. The molecule has 1 aliphatic heterocycles. The van der Waals surface area contributed by atoms with E-state index in [-0.39, 0.29) is 28.9 Å². The zero-order chi connectivity index (χ0) is 23.3. The van der Waals surface area contributed by atoms with Crippen molar-refractivity contribution >= 4 is 21.6 Å². The number of carbonyl (C=O) groups is 1. The summed E-state index contributed by atoms with van der Waals surface area (Å²) >= 11 is 0. The molecule has 33 heavy (non-hydrogen) atoms. The van der Waals surface area contributed by atoms with Crippen LogP contribution in [0, 0.1) is 29.7 Å². The van der Waals surface area contributed by atoms with E-state index in [1.807, 2.05) is 0 Å². The van der Waals surface area contributed by atoms with E-state index >= 15 is 0 Å². The highest BCUT2D eigenvalue weighted by molar-refractivity contribution is 7.89. The molecule has 1 heterocycles. The van der Waals surface area contributed by atoms with Gasteiger partial charge in [-0.05, 0) is 75.3 Å². The third-order valence-corrected chi connectivity index (χ3v) is 9.58. The minimum Gasteiger partial charge on any atom is -0.326 e. The molecule has 1 aromatic rings. The number of nitrogens with one attached hydrogen (secondary N) is 2. The number of hydrogen-bond acceptors (Lipinski definition) is 5. The zero-order valence-electron chi connectivity index (χ0n) is 18.6. The first-order valence-corrected chi connectivity index (χ1v) is 13.2. The van der Waals surface area contributed by atoms with Crippen molar-refractivity contribution in [1.82, 2.24) is 14.9 Å². The normalized spacial score (nSPS) is 34.7. The molecule has 4 bridgehead atoms. The van der Waals surface area contributed by atoms with E-state index in [1.165, 1.54) is 12.1 Å². The topological polar surface area (TPSA) is 107 Å². The smallest absolute Gasteiger partial charge is 0.239 e. The molecule has 9 heteroatoms. The number of amides is 1. The lowest BCUT2D eigenvalue weighted by atomic mass is 9.50. The summed E-state index contributed by atoms with van der Waals surface area (Å²) in [6.07, 6.45) is 6.89. The van der Waals surface area contributed by atoms with Crippen molar-refractivity contribution in [2.75, 3.05) is 13.1 Å².